The second-order valence-corrected chi connectivity index (χ2v) is 7.49. The number of benzene rings is 1. The van der Waals surface area contributed by atoms with Gasteiger partial charge in [0.15, 0.2) is 5.65 Å². The molecule has 6 nitrogen and oxygen atoms in total. The average Bonchev–Trinajstić information content (AvgIpc) is 3.16. The Hall–Kier alpha value is -3.17. The van der Waals surface area contributed by atoms with Crippen LogP contribution in [-0.2, 0) is 6.42 Å². The topological polar surface area (TPSA) is 53.7 Å². The van der Waals surface area contributed by atoms with E-state index in [1.54, 1.807) is 10.7 Å². The maximum atomic E-state index is 13.1. The summed E-state index contributed by atoms with van der Waals surface area (Å²) in [6.45, 7) is 7.60. The summed E-state index contributed by atoms with van der Waals surface area (Å²) in [6, 6.07) is 10.3. The van der Waals surface area contributed by atoms with E-state index < -0.39 is 0 Å². The molecule has 0 radical (unpaired) electrons. The Morgan fingerprint density at radius 1 is 1.14 bits per heavy atom. The third-order valence-corrected chi connectivity index (χ3v) is 5.64. The van der Waals surface area contributed by atoms with Gasteiger partial charge in [0.05, 0.1) is 12.7 Å². The minimum absolute atomic E-state index is 0.0116. The standard InChI is InChI=1S/C23H25N5O/c1-4-10-26-11-13-27(14-12-26)23(29)21-16-24-28-18(3)20(17(2)25-22(21)28)15-19-8-6-5-7-9-19/h1,5-9,16H,10-15H2,2-3H3. The Morgan fingerprint density at radius 2 is 1.86 bits per heavy atom. The van der Waals surface area contributed by atoms with Crippen LogP contribution >= 0.6 is 0 Å². The van der Waals surface area contributed by atoms with Crippen LogP contribution in [0.5, 0.6) is 0 Å². The average molecular weight is 387 g/mol. The molecule has 29 heavy (non-hydrogen) atoms. The minimum Gasteiger partial charge on any atom is -0.336 e. The molecule has 3 heterocycles. The van der Waals surface area contributed by atoms with E-state index in [1.165, 1.54) is 5.56 Å². The van der Waals surface area contributed by atoms with Crippen LogP contribution < -0.4 is 0 Å². The van der Waals surface area contributed by atoms with Crippen LogP contribution in [0.1, 0.15) is 32.9 Å². The molecule has 1 saturated heterocycles. The summed E-state index contributed by atoms with van der Waals surface area (Å²) in [5.74, 6) is 2.66. The second kappa shape index (κ2) is 8.06. The third kappa shape index (κ3) is 3.74. The minimum atomic E-state index is -0.0116. The molecule has 0 aliphatic carbocycles. The van der Waals surface area contributed by atoms with Crippen molar-refractivity contribution in [3.05, 3.63) is 64.6 Å². The Morgan fingerprint density at radius 3 is 2.55 bits per heavy atom. The Bertz CT molecular complexity index is 1070. The maximum absolute atomic E-state index is 13.1. The zero-order valence-corrected chi connectivity index (χ0v) is 16.9. The van der Waals surface area contributed by atoms with Gasteiger partial charge < -0.3 is 4.90 Å². The summed E-state index contributed by atoms with van der Waals surface area (Å²) < 4.78 is 1.80. The van der Waals surface area contributed by atoms with Gasteiger partial charge in [0.1, 0.15) is 5.56 Å². The molecule has 1 aromatic carbocycles. The number of terminal acetylenes is 1. The van der Waals surface area contributed by atoms with Gasteiger partial charge in [0.25, 0.3) is 5.91 Å². The molecule has 3 aromatic rings. The lowest BCUT2D eigenvalue weighted by molar-refractivity contribution is 0.0654. The lowest BCUT2D eigenvalue weighted by Crippen LogP contribution is -2.48. The molecule has 1 fully saturated rings. The fourth-order valence-corrected chi connectivity index (χ4v) is 3.93. The molecule has 0 atom stereocenters. The summed E-state index contributed by atoms with van der Waals surface area (Å²) in [5, 5.41) is 4.49. The fourth-order valence-electron chi connectivity index (χ4n) is 3.93. The molecule has 0 N–H and O–H groups in total. The predicted molar refractivity (Wildman–Crippen MR) is 113 cm³/mol. The molecule has 0 unspecified atom stereocenters. The van der Waals surface area contributed by atoms with Crippen molar-refractivity contribution < 1.29 is 4.79 Å². The smallest absolute Gasteiger partial charge is 0.259 e. The van der Waals surface area contributed by atoms with E-state index in [0.717, 1.165) is 36.5 Å². The number of piperazine rings is 1. The van der Waals surface area contributed by atoms with E-state index in [2.05, 4.69) is 28.1 Å². The van der Waals surface area contributed by atoms with Gasteiger partial charge in [0, 0.05) is 44.0 Å². The molecular formula is C23H25N5O. The highest BCUT2D eigenvalue weighted by atomic mass is 16.2. The first-order chi connectivity index (χ1) is 14.1. The number of nitrogens with zero attached hydrogens (tertiary/aromatic N) is 5. The van der Waals surface area contributed by atoms with Gasteiger partial charge in [-0.05, 0) is 25.0 Å². The van der Waals surface area contributed by atoms with Crippen LogP contribution in [0.3, 0.4) is 0 Å². The highest BCUT2D eigenvalue weighted by Crippen LogP contribution is 2.21. The number of amides is 1. The number of aryl methyl sites for hydroxylation is 2. The van der Waals surface area contributed by atoms with Gasteiger partial charge in [-0.25, -0.2) is 9.50 Å². The van der Waals surface area contributed by atoms with Gasteiger partial charge >= 0.3 is 0 Å². The predicted octanol–water partition coefficient (Wildman–Crippen LogP) is 2.33. The van der Waals surface area contributed by atoms with Gasteiger partial charge in [-0.2, -0.15) is 5.10 Å². The van der Waals surface area contributed by atoms with Crippen molar-refractivity contribution in [1.82, 2.24) is 24.4 Å². The Kier molecular flexibility index (Phi) is 5.32. The summed E-state index contributed by atoms with van der Waals surface area (Å²) in [6.07, 6.45) is 7.83. The maximum Gasteiger partial charge on any atom is 0.259 e. The molecule has 4 rings (SSSR count). The van der Waals surface area contributed by atoms with Crippen molar-refractivity contribution in [3.8, 4) is 12.3 Å². The monoisotopic (exact) mass is 387 g/mol. The van der Waals surface area contributed by atoms with E-state index in [-0.39, 0.29) is 5.91 Å². The summed E-state index contributed by atoms with van der Waals surface area (Å²) in [7, 11) is 0. The Labute approximate surface area is 171 Å². The molecule has 0 bridgehead atoms. The van der Waals surface area contributed by atoms with E-state index in [9.17, 15) is 4.79 Å². The lowest BCUT2D eigenvalue weighted by Gasteiger charge is -2.33. The van der Waals surface area contributed by atoms with Crippen LogP contribution in [0, 0.1) is 26.2 Å². The van der Waals surface area contributed by atoms with Crippen molar-refractivity contribution in [3.63, 3.8) is 0 Å². The molecule has 0 spiro atoms. The van der Waals surface area contributed by atoms with Crippen molar-refractivity contribution in [2.45, 2.75) is 20.3 Å². The number of fused-ring (bicyclic) bond motifs is 1. The van der Waals surface area contributed by atoms with Crippen molar-refractivity contribution >= 4 is 11.6 Å². The van der Waals surface area contributed by atoms with Crippen molar-refractivity contribution in [2.75, 3.05) is 32.7 Å². The zero-order valence-electron chi connectivity index (χ0n) is 16.9. The SMILES string of the molecule is C#CCN1CCN(C(=O)c2cnn3c(C)c(Cc4ccccc4)c(C)nc23)CC1. The second-order valence-electron chi connectivity index (χ2n) is 7.49. The summed E-state index contributed by atoms with van der Waals surface area (Å²) >= 11 is 0. The van der Waals surface area contributed by atoms with Crippen LogP contribution in [-0.4, -0.2) is 63.0 Å². The van der Waals surface area contributed by atoms with E-state index in [0.29, 0.717) is 30.8 Å². The summed E-state index contributed by atoms with van der Waals surface area (Å²) in [5.41, 5.74) is 5.53. The zero-order chi connectivity index (χ0) is 20.4. The molecule has 1 aliphatic heterocycles. The van der Waals surface area contributed by atoms with Crippen molar-refractivity contribution in [1.29, 1.82) is 0 Å². The van der Waals surface area contributed by atoms with E-state index >= 15 is 0 Å². The van der Waals surface area contributed by atoms with Crippen LogP contribution in [0.25, 0.3) is 5.65 Å². The Balaban J connectivity index is 1.61. The number of hydrogen-bond acceptors (Lipinski definition) is 4. The largest absolute Gasteiger partial charge is 0.336 e. The quantitative estimate of drug-likeness (QED) is 0.645. The van der Waals surface area contributed by atoms with Gasteiger partial charge in [0.2, 0.25) is 0 Å². The number of aromatic nitrogens is 3. The first-order valence-corrected chi connectivity index (χ1v) is 9.91. The van der Waals surface area contributed by atoms with Gasteiger partial charge in [-0.1, -0.05) is 36.3 Å². The molecular weight excluding hydrogens is 362 g/mol. The van der Waals surface area contributed by atoms with E-state index in [1.807, 2.05) is 36.9 Å². The molecule has 6 heteroatoms. The van der Waals surface area contributed by atoms with Crippen molar-refractivity contribution in [2.24, 2.45) is 0 Å². The van der Waals surface area contributed by atoms with Gasteiger partial charge in [-0.3, -0.25) is 9.69 Å². The normalized spacial score (nSPS) is 14.9. The lowest BCUT2D eigenvalue weighted by atomic mass is 10.0. The first kappa shape index (κ1) is 19.2. The molecule has 1 amide bonds. The number of hydrogen-bond donors (Lipinski definition) is 0. The first-order valence-electron chi connectivity index (χ1n) is 9.91. The fraction of sp³-hybridized carbons (Fsp3) is 0.348. The molecule has 148 valence electrons. The summed E-state index contributed by atoms with van der Waals surface area (Å²) in [4.78, 5) is 21.9. The molecule has 1 aliphatic rings. The molecule has 2 aromatic heterocycles. The van der Waals surface area contributed by atoms with Crippen LogP contribution in [0.15, 0.2) is 36.5 Å². The van der Waals surface area contributed by atoms with Crippen LogP contribution in [0.4, 0.5) is 0 Å². The highest BCUT2D eigenvalue weighted by Gasteiger charge is 2.25. The van der Waals surface area contributed by atoms with Crippen LogP contribution in [0.2, 0.25) is 0 Å². The van der Waals surface area contributed by atoms with Gasteiger partial charge in [-0.15, -0.1) is 6.42 Å². The number of carbonyl (C=O) groups is 1. The van der Waals surface area contributed by atoms with E-state index in [4.69, 9.17) is 11.4 Å². The number of carbonyl (C=O) groups excluding carboxylic acids is 1. The third-order valence-electron chi connectivity index (χ3n) is 5.64. The highest BCUT2D eigenvalue weighted by molar-refractivity contribution is 5.99. The molecule has 0 saturated carbocycles. The number of rotatable bonds is 4.